The molecule has 0 atom stereocenters. The Labute approximate surface area is 193 Å². The van der Waals surface area contributed by atoms with Crippen LogP contribution in [-0.2, 0) is 16.4 Å². The second kappa shape index (κ2) is 9.48. The lowest BCUT2D eigenvalue weighted by Crippen LogP contribution is -2.15. The number of primary sulfonamides is 1. The SMILES string of the molecule is C#CCOc1ccc(Nc2nc(Nc3ccc(CC)c(S(N)(=O)=O)c3)ncc2C2CC2)cc1. The summed E-state index contributed by atoms with van der Waals surface area (Å²) in [5.74, 6) is 4.60. The molecule has 3 aromatic rings. The Kier molecular flexibility index (Phi) is 6.49. The van der Waals surface area contributed by atoms with Crippen LogP contribution in [0.4, 0.5) is 23.1 Å². The third-order valence-electron chi connectivity index (χ3n) is 5.28. The Morgan fingerprint density at radius 2 is 1.88 bits per heavy atom. The Morgan fingerprint density at radius 1 is 1.15 bits per heavy atom. The van der Waals surface area contributed by atoms with Gasteiger partial charge < -0.3 is 15.4 Å². The van der Waals surface area contributed by atoms with E-state index in [0.29, 0.717) is 41.1 Å². The zero-order chi connectivity index (χ0) is 23.4. The molecule has 0 bridgehead atoms. The molecule has 1 aromatic heterocycles. The molecule has 4 rings (SSSR count). The van der Waals surface area contributed by atoms with E-state index in [1.165, 1.54) is 6.07 Å². The van der Waals surface area contributed by atoms with Crippen molar-refractivity contribution >= 4 is 33.2 Å². The van der Waals surface area contributed by atoms with Gasteiger partial charge in [-0.3, -0.25) is 0 Å². The zero-order valence-electron chi connectivity index (χ0n) is 18.2. The Balaban J connectivity index is 1.59. The number of aromatic nitrogens is 2. The first-order valence-electron chi connectivity index (χ1n) is 10.6. The lowest BCUT2D eigenvalue weighted by atomic mass is 10.1. The number of benzene rings is 2. The smallest absolute Gasteiger partial charge is 0.238 e. The summed E-state index contributed by atoms with van der Waals surface area (Å²) >= 11 is 0. The summed E-state index contributed by atoms with van der Waals surface area (Å²) in [7, 11) is -3.84. The molecule has 1 aliphatic carbocycles. The number of nitrogens with zero attached hydrogens (tertiary/aromatic N) is 2. The number of sulfonamides is 1. The summed E-state index contributed by atoms with van der Waals surface area (Å²) in [6.07, 6.45) is 9.78. The standard InChI is InChI=1S/C24H25N5O3S/c1-3-13-32-20-11-9-18(10-12-20)27-23-21(17-5-6-17)15-26-24(29-23)28-19-8-7-16(4-2)22(14-19)33(25,30)31/h1,7-12,14-15,17H,4-6,13H2,2H3,(H2,25,30,31)(H2,26,27,28,29). The van der Waals surface area contributed by atoms with Crippen molar-refractivity contribution in [3.05, 3.63) is 59.8 Å². The molecule has 0 radical (unpaired) electrons. The van der Waals surface area contributed by atoms with Crippen molar-refractivity contribution < 1.29 is 13.2 Å². The van der Waals surface area contributed by atoms with E-state index in [1.807, 2.05) is 31.2 Å². The first kappa shape index (κ1) is 22.6. The summed E-state index contributed by atoms with van der Waals surface area (Å²) in [4.78, 5) is 9.19. The zero-order valence-corrected chi connectivity index (χ0v) is 19.0. The van der Waals surface area contributed by atoms with Gasteiger partial charge in [-0.2, -0.15) is 4.98 Å². The van der Waals surface area contributed by atoms with Crippen molar-refractivity contribution in [2.75, 3.05) is 17.2 Å². The Hall–Kier alpha value is -3.61. The van der Waals surface area contributed by atoms with Crippen LogP contribution in [-0.4, -0.2) is 25.0 Å². The van der Waals surface area contributed by atoms with Gasteiger partial charge in [0.25, 0.3) is 0 Å². The van der Waals surface area contributed by atoms with Crippen molar-refractivity contribution in [3.63, 3.8) is 0 Å². The minimum atomic E-state index is -3.84. The summed E-state index contributed by atoms with van der Waals surface area (Å²) in [6, 6.07) is 12.5. The van der Waals surface area contributed by atoms with E-state index in [2.05, 4.69) is 26.5 Å². The first-order valence-corrected chi connectivity index (χ1v) is 12.1. The van der Waals surface area contributed by atoms with E-state index in [0.717, 1.165) is 24.1 Å². The highest BCUT2D eigenvalue weighted by Gasteiger charge is 2.28. The molecule has 170 valence electrons. The summed E-state index contributed by atoms with van der Waals surface area (Å²) in [5, 5.41) is 11.8. The Morgan fingerprint density at radius 3 is 2.52 bits per heavy atom. The second-order valence-electron chi connectivity index (χ2n) is 7.76. The van der Waals surface area contributed by atoms with Crippen LogP contribution >= 0.6 is 0 Å². The highest BCUT2D eigenvalue weighted by molar-refractivity contribution is 7.89. The van der Waals surface area contributed by atoms with Gasteiger partial charge in [-0.25, -0.2) is 18.5 Å². The molecule has 9 heteroatoms. The number of nitrogens with one attached hydrogen (secondary N) is 2. The maximum atomic E-state index is 12.0. The van der Waals surface area contributed by atoms with Gasteiger partial charge in [0.05, 0.1) is 4.90 Å². The minimum Gasteiger partial charge on any atom is -0.481 e. The van der Waals surface area contributed by atoms with E-state index >= 15 is 0 Å². The molecule has 0 aliphatic heterocycles. The van der Waals surface area contributed by atoms with Gasteiger partial charge in [-0.05, 0) is 67.1 Å². The number of hydrogen-bond acceptors (Lipinski definition) is 7. The molecule has 1 aliphatic rings. The molecule has 4 N–H and O–H groups in total. The summed E-state index contributed by atoms with van der Waals surface area (Å²) < 4.78 is 29.4. The number of terminal acetylenes is 1. The van der Waals surface area contributed by atoms with Crippen LogP contribution in [0.1, 0.15) is 36.8 Å². The number of rotatable bonds is 9. The normalized spacial score (nSPS) is 13.2. The predicted molar refractivity (Wildman–Crippen MR) is 129 cm³/mol. The largest absolute Gasteiger partial charge is 0.481 e. The molecule has 0 amide bonds. The maximum absolute atomic E-state index is 12.0. The maximum Gasteiger partial charge on any atom is 0.238 e. The van der Waals surface area contributed by atoms with E-state index in [9.17, 15) is 8.42 Å². The molecule has 33 heavy (non-hydrogen) atoms. The lowest BCUT2D eigenvalue weighted by Gasteiger charge is -2.14. The molecule has 2 aromatic carbocycles. The minimum absolute atomic E-state index is 0.0927. The fourth-order valence-corrected chi connectivity index (χ4v) is 4.33. The lowest BCUT2D eigenvalue weighted by molar-refractivity contribution is 0.370. The van der Waals surface area contributed by atoms with Crippen LogP contribution in [0.2, 0.25) is 0 Å². The van der Waals surface area contributed by atoms with E-state index in [4.69, 9.17) is 16.3 Å². The van der Waals surface area contributed by atoms with Gasteiger partial charge in [-0.1, -0.05) is 18.9 Å². The first-order chi connectivity index (χ1) is 15.9. The van der Waals surface area contributed by atoms with Gasteiger partial charge in [0.1, 0.15) is 18.2 Å². The van der Waals surface area contributed by atoms with Gasteiger partial charge in [0.2, 0.25) is 16.0 Å². The van der Waals surface area contributed by atoms with Crippen molar-refractivity contribution in [1.82, 2.24) is 9.97 Å². The van der Waals surface area contributed by atoms with Crippen molar-refractivity contribution in [2.24, 2.45) is 5.14 Å². The molecule has 1 fully saturated rings. The van der Waals surface area contributed by atoms with Crippen LogP contribution in [0, 0.1) is 12.3 Å². The van der Waals surface area contributed by atoms with Gasteiger partial charge in [-0.15, -0.1) is 6.42 Å². The molecule has 0 spiro atoms. The number of aryl methyl sites for hydroxylation is 1. The quantitative estimate of drug-likeness (QED) is 0.409. The fraction of sp³-hybridized carbons (Fsp3) is 0.250. The molecular weight excluding hydrogens is 438 g/mol. The monoisotopic (exact) mass is 463 g/mol. The average molecular weight is 464 g/mol. The average Bonchev–Trinajstić information content (AvgIpc) is 3.63. The molecule has 1 heterocycles. The third-order valence-corrected chi connectivity index (χ3v) is 6.28. The topological polar surface area (TPSA) is 119 Å². The molecule has 8 nitrogen and oxygen atoms in total. The van der Waals surface area contributed by atoms with Crippen LogP contribution in [0.15, 0.2) is 53.6 Å². The second-order valence-corrected chi connectivity index (χ2v) is 9.29. The van der Waals surface area contributed by atoms with Crippen LogP contribution < -0.4 is 20.5 Å². The molecular formula is C24H25N5O3S. The molecule has 0 saturated heterocycles. The third kappa shape index (κ3) is 5.61. The van der Waals surface area contributed by atoms with Crippen molar-refractivity contribution in [3.8, 4) is 18.1 Å². The number of anilines is 4. The van der Waals surface area contributed by atoms with Crippen LogP contribution in [0.3, 0.4) is 0 Å². The molecule has 0 unspecified atom stereocenters. The van der Waals surface area contributed by atoms with Gasteiger partial charge in [0.15, 0.2) is 0 Å². The highest BCUT2D eigenvalue weighted by atomic mass is 32.2. The number of hydrogen-bond donors (Lipinski definition) is 3. The summed E-state index contributed by atoms with van der Waals surface area (Å²) in [5.41, 5.74) is 3.08. The van der Waals surface area contributed by atoms with Crippen molar-refractivity contribution in [2.45, 2.75) is 37.0 Å². The van der Waals surface area contributed by atoms with Gasteiger partial charge in [0, 0.05) is 23.1 Å². The van der Waals surface area contributed by atoms with E-state index in [-0.39, 0.29) is 11.5 Å². The van der Waals surface area contributed by atoms with Crippen molar-refractivity contribution in [1.29, 1.82) is 0 Å². The summed E-state index contributed by atoms with van der Waals surface area (Å²) in [6.45, 7) is 2.09. The molecule has 1 saturated carbocycles. The predicted octanol–water partition coefficient (Wildman–Crippen LogP) is 4.06. The number of ether oxygens (including phenoxy) is 1. The van der Waals surface area contributed by atoms with Crippen LogP contribution in [0.25, 0.3) is 0 Å². The van der Waals surface area contributed by atoms with E-state index < -0.39 is 10.0 Å². The number of nitrogens with two attached hydrogens (primary N) is 1. The Bertz CT molecular complexity index is 1300. The highest BCUT2D eigenvalue weighted by Crippen LogP contribution is 2.43. The van der Waals surface area contributed by atoms with Gasteiger partial charge >= 0.3 is 0 Å². The van der Waals surface area contributed by atoms with E-state index in [1.54, 1.807) is 18.3 Å². The van der Waals surface area contributed by atoms with Crippen LogP contribution in [0.5, 0.6) is 5.75 Å². The fourth-order valence-electron chi connectivity index (χ4n) is 3.46.